The third-order valence-corrected chi connectivity index (χ3v) is 4.05. The molecule has 0 bridgehead atoms. The fourth-order valence-electron chi connectivity index (χ4n) is 2.06. The Hall–Kier alpha value is -1.11. The highest BCUT2D eigenvalue weighted by molar-refractivity contribution is 7.10. The summed E-state index contributed by atoms with van der Waals surface area (Å²) < 4.78 is 5.41. The van der Waals surface area contributed by atoms with Gasteiger partial charge in [-0.15, -0.1) is 11.3 Å². The van der Waals surface area contributed by atoms with Crippen molar-refractivity contribution in [3.63, 3.8) is 0 Å². The number of morpholine rings is 1. The van der Waals surface area contributed by atoms with Crippen molar-refractivity contribution in [2.45, 2.75) is 6.04 Å². The van der Waals surface area contributed by atoms with Crippen molar-refractivity contribution >= 4 is 17.3 Å². The zero-order valence-electron chi connectivity index (χ0n) is 10.6. The van der Waals surface area contributed by atoms with Crippen molar-refractivity contribution in [3.8, 4) is 0 Å². The third kappa shape index (κ3) is 3.44. The zero-order chi connectivity index (χ0) is 12.8. The summed E-state index contributed by atoms with van der Waals surface area (Å²) in [4.78, 5) is 7.72. The Morgan fingerprint density at radius 1 is 1.61 bits per heavy atom. The lowest BCUT2D eigenvalue weighted by molar-refractivity contribution is 0.0177. The number of thiophene rings is 1. The Bertz CT molecular complexity index is 373. The minimum absolute atomic E-state index is 0.342. The van der Waals surface area contributed by atoms with Crippen LogP contribution in [0.25, 0.3) is 0 Å². The van der Waals surface area contributed by atoms with Crippen LogP contribution in [0.4, 0.5) is 0 Å². The van der Waals surface area contributed by atoms with Gasteiger partial charge in [-0.3, -0.25) is 9.89 Å². The molecular weight excluding hydrogens is 248 g/mol. The van der Waals surface area contributed by atoms with E-state index in [0.29, 0.717) is 12.0 Å². The number of rotatable bonds is 4. The van der Waals surface area contributed by atoms with Crippen molar-refractivity contribution in [1.29, 1.82) is 0 Å². The summed E-state index contributed by atoms with van der Waals surface area (Å²) in [5, 5.41) is 5.28. The van der Waals surface area contributed by atoms with Gasteiger partial charge in [0.2, 0.25) is 0 Å². The van der Waals surface area contributed by atoms with Crippen LogP contribution in [0.15, 0.2) is 22.5 Å². The van der Waals surface area contributed by atoms with Crippen molar-refractivity contribution < 1.29 is 4.74 Å². The molecule has 1 unspecified atom stereocenters. The molecule has 1 fully saturated rings. The molecule has 3 N–H and O–H groups in total. The number of hydrogen-bond donors (Lipinski definition) is 2. The van der Waals surface area contributed by atoms with E-state index in [4.69, 9.17) is 10.5 Å². The minimum Gasteiger partial charge on any atom is -0.379 e. The van der Waals surface area contributed by atoms with Gasteiger partial charge in [-0.25, -0.2) is 0 Å². The van der Waals surface area contributed by atoms with Gasteiger partial charge in [0.1, 0.15) is 0 Å². The second-order valence-electron chi connectivity index (χ2n) is 4.17. The van der Waals surface area contributed by atoms with E-state index in [1.54, 1.807) is 18.4 Å². The molecule has 1 aliphatic heterocycles. The van der Waals surface area contributed by atoms with Crippen molar-refractivity contribution in [3.05, 3.63) is 22.4 Å². The second kappa shape index (κ2) is 6.72. The first-order valence-corrected chi connectivity index (χ1v) is 7.00. The van der Waals surface area contributed by atoms with Crippen LogP contribution in [0.3, 0.4) is 0 Å². The zero-order valence-corrected chi connectivity index (χ0v) is 11.4. The monoisotopic (exact) mass is 268 g/mol. The van der Waals surface area contributed by atoms with Gasteiger partial charge in [-0.2, -0.15) is 0 Å². The third-order valence-electron chi connectivity index (χ3n) is 3.08. The Morgan fingerprint density at radius 2 is 2.39 bits per heavy atom. The van der Waals surface area contributed by atoms with Crippen LogP contribution >= 0.6 is 11.3 Å². The van der Waals surface area contributed by atoms with Gasteiger partial charge >= 0.3 is 0 Å². The fraction of sp³-hybridized carbons (Fsp3) is 0.583. The van der Waals surface area contributed by atoms with Gasteiger partial charge in [0.15, 0.2) is 5.96 Å². The number of hydrogen-bond acceptors (Lipinski definition) is 4. The molecule has 2 rings (SSSR count). The van der Waals surface area contributed by atoms with E-state index in [1.807, 2.05) is 0 Å². The maximum absolute atomic E-state index is 5.70. The van der Waals surface area contributed by atoms with Crippen molar-refractivity contribution in [2.75, 3.05) is 39.9 Å². The van der Waals surface area contributed by atoms with Crippen LogP contribution < -0.4 is 11.1 Å². The molecule has 0 spiro atoms. The Balaban J connectivity index is 2.02. The first-order chi connectivity index (χ1) is 8.81. The summed E-state index contributed by atoms with van der Waals surface area (Å²) in [7, 11) is 1.69. The highest BCUT2D eigenvalue weighted by Gasteiger charge is 2.23. The first kappa shape index (κ1) is 13.3. The molecule has 0 radical (unpaired) electrons. The van der Waals surface area contributed by atoms with Crippen molar-refractivity contribution in [1.82, 2.24) is 10.2 Å². The quantitative estimate of drug-likeness (QED) is 0.622. The van der Waals surface area contributed by atoms with Crippen LogP contribution in [-0.4, -0.2) is 50.8 Å². The second-order valence-corrected chi connectivity index (χ2v) is 5.15. The molecule has 1 saturated heterocycles. The van der Waals surface area contributed by atoms with Gasteiger partial charge in [0.05, 0.1) is 19.3 Å². The number of nitrogens with one attached hydrogen (secondary N) is 1. The molecule has 100 valence electrons. The lowest BCUT2D eigenvalue weighted by Crippen LogP contribution is -2.44. The largest absolute Gasteiger partial charge is 0.379 e. The van der Waals surface area contributed by atoms with E-state index in [9.17, 15) is 0 Å². The molecule has 0 saturated carbocycles. The molecule has 1 aromatic rings. The standard InChI is InChI=1S/C12H20N4OS/c1-14-12(13)15-9-10(11-3-2-8-18-11)16-4-6-17-7-5-16/h2-3,8,10H,4-7,9H2,1H3,(H3,13,14,15). The van der Waals surface area contributed by atoms with E-state index >= 15 is 0 Å². The number of aliphatic imine (C=N–C) groups is 1. The molecule has 6 heteroatoms. The van der Waals surface area contributed by atoms with Gasteiger partial charge in [0.25, 0.3) is 0 Å². The Morgan fingerprint density at radius 3 is 3.00 bits per heavy atom. The highest BCUT2D eigenvalue weighted by Crippen LogP contribution is 2.25. The van der Waals surface area contributed by atoms with Gasteiger partial charge in [0, 0.05) is 31.6 Å². The maximum atomic E-state index is 5.70. The van der Waals surface area contributed by atoms with E-state index in [-0.39, 0.29) is 0 Å². The molecule has 0 aliphatic carbocycles. The predicted octanol–water partition coefficient (Wildman–Crippen LogP) is 0.655. The normalized spacial score (nSPS) is 19.7. The van der Waals surface area contributed by atoms with E-state index in [2.05, 4.69) is 32.7 Å². The Kier molecular flexibility index (Phi) is 4.98. The summed E-state index contributed by atoms with van der Waals surface area (Å²) in [6.45, 7) is 4.32. The van der Waals surface area contributed by atoms with Gasteiger partial charge in [-0.05, 0) is 11.4 Å². The molecule has 5 nitrogen and oxygen atoms in total. The van der Waals surface area contributed by atoms with E-state index in [1.165, 1.54) is 4.88 Å². The summed E-state index contributed by atoms with van der Waals surface area (Å²) in [6.07, 6.45) is 0. The number of ether oxygens (including phenoxy) is 1. The van der Waals surface area contributed by atoms with Gasteiger partial charge < -0.3 is 15.8 Å². The van der Waals surface area contributed by atoms with E-state index < -0.39 is 0 Å². The highest BCUT2D eigenvalue weighted by atomic mass is 32.1. The fourth-order valence-corrected chi connectivity index (χ4v) is 2.92. The molecule has 18 heavy (non-hydrogen) atoms. The number of guanidine groups is 1. The van der Waals surface area contributed by atoms with Gasteiger partial charge in [-0.1, -0.05) is 6.07 Å². The van der Waals surface area contributed by atoms with Crippen LogP contribution in [0, 0.1) is 0 Å². The van der Waals surface area contributed by atoms with Crippen LogP contribution in [0.2, 0.25) is 0 Å². The summed E-state index contributed by atoms with van der Waals surface area (Å²) >= 11 is 1.78. The lowest BCUT2D eigenvalue weighted by Gasteiger charge is -2.34. The van der Waals surface area contributed by atoms with E-state index in [0.717, 1.165) is 32.8 Å². The average molecular weight is 268 g/mol. The predicted molar refractivity (Wildman–Crippen MR) is 75.0 cm³/mol. The SMILES string of the molecule is CN=C(N)NCC(c1cccs1)N1CCOCC1. The molecule has 1 aromatic heterocycles. The summed E-state index contributed by atoms with van der Waals surface area (Å²) in [6, 6.07) is 4.60. The molecule has 0 amide bonds. The van der Waals surface area contributed by atoms with Crippen LogP contribution in [0.5, 0.6) is 0 Å². The molecule has 1 atom stereocenters. The summed E-state index contributed by atoms with van der Waals surface area (Å²) in [5.41, 5.74) is 5.70. The number of nitrogens with two attached hydrogens (primary N) is 1. The van der Waals surface area contributed by atoms with Crippen molar-refractivity contribution in [2.24, 2.45) is 10.7 Å². The number of nitrogens with zero attached hydrogens (tertiary/aromatic N) is 2. The molecule has 2 heterocycles. The Labute approximate surface area is 112 Å². The smallest absolute Gasteiger partial charge is 0.188 e. The van der Waals surface area contributed by atoms with Crippen LogP contribution in [-0.2, 0) is 4.74 Å². The topological polar surface area (TPSA) is 62.9 Å². The summed E-state index contributed by atoms with van der Waals surface area (Å²) in [5.74, 6) is 0.491. The molecular formula is C12H20N4OS. The van der Waals surface area contributed by atoms with Crippen LogP contribution in [0.1, 0.15) is 10.9 Å². The minimum atomic E-state index is 0.342. The first-order valence-electron chi connectivity index (χ1n) is 6.12. The molecule has 0 aromatic carbocycles. The lowest BCUT2D eigenvalue weighted by atomic mass is 10.2. The average Bonchev–Trinajstić information content (AvgIpc) is 2.94. The molecule has 1 aliphatic rings. The maximum Gasteiger partial charge on any atom is 0.188 e.